The van der Waals surface area contributed by atoms with Gasteiger partial charge in [0.15, 0.2) is 0 Å². The fraction of sp³-hybridized carbons (Fsp3) is 0.417. The molecular formula is C24H28F2N2. The van der Waals surface area contributed by atoms with Crippen LogP contribution in [0.4, 0.5) is 20.2 Å². The number of halogens is 2. The van der Waals surface area contributed by atoms with Gasteiger partial charge < -0.3 is 5.32 Å². The fourth-order valence-electron chi connectivity index (χ4n) is 4.85. The lowest BCUT2D eigenvalue weighted by Gasteiger charge is -2.43. The van der Waals surface area contributed by atoms with E-state index in [0.717, 1.165) is 28.9 Å². The molecule has 0 aliphatic carbocycles. The number of nitrogens with one attached hydrogen (secondary N) is 1. The average Bonchev–Trinajstić information content (AvgIpc) is 2.56. The van der Waals surface area contributed by atoms with Gasteiger partial charge in [-0.05, 0) is 81.5 Å². The molecule has 2 nitrogen and oxygen atoms in total. The zero-order valence-electron chi connectivity index (χ0n) is 17.3. The van der Waals surface area contributed by atoms with Crippen LogP contribution in [0.1, 0.15) is 55.5 Å². The van der Waals surface area contributed by atoms with Crippen LogP contribution in [0.5, 0.6) is 0 Å². The zero-order valence-corrected chi connectivity index (χ0v) is 17.3. The Bertz CT molecular complexity index is 969. The third-order valence-corrected chi connectivity index (χ3v) is 5.87. The van der Waals surface area contributed by atoms with Crippen molar-refractivity contribution in [2.45, 2.75) is 52.8 Å². The smallest absolute Gasteiger partial charge is 0.130 e. The number of aryl methyl sites for hydroxylation is 2. The lowest BCUT2D eigenvalue weighted by molar-refractivity contribution is 0.100. The lowest BCUT2D eigenvalue weighted by atomic mass is 9.81. The van der Waals surface area contributed by atoms with Gasteiger partial charge in [0.05, 0.1) is 6.04 Å². The molecule has 2 aromatic rings. The molecule has 28 heavy (non-hydrogen) atoms. The Morgan fingerprint density at radius 1 is 1.14 bits per heavy atom. The predicted molar refractivity (Wildman–Crippen MR) is 112 cm³/mol. The summed E-state index contributed by atoms with van der Waals surface area (Å²) in [5.74, 6) is -0.231. The van der Waals surface area contributed by atoms with Crippen molar-refractivity contribution in [2.24, 2.45) is 0 Å². The lowest BCUT2D eigenvalue weighted by Crippen LogP contribution is -2.42. The van der Waals surface area contributed by atoms with Crippen molar-refractivity contribution in [1.82, 2.24) is 4.90 Å². The molecule has 1 N–H and O–H groups in total. The molecule has 2 heterocycles. The first-order valence-corrected chi connectivity index (χ1v) is 9.95. The van der Waals surface area contributed by atoms with Gasteiger partial charge in [-0.25, -0.2) is 8.78 Å². The summed E-state index contributed by atoms with van der Waals surface area (Å²) in [5, 5.41) is 3.50. The van der Waals surface area contributed by atoms with E-state index >= 15 is 4.39 Å². The van der Waals surface area contributed by atoms with Crippen molar-refractivity contribution >= 4 is 16.9 Å². The highest BCUT2D eigenvalue weighted by Gasteiger charge is 2.37. The van der Waals surface area contributed by atoms with Gasteiger partial charge in [0.1, 0.15) is 11.5 Å². The molecule has 2 aliphatic heterocycles. The van der Waals surface area contributed by atoms with Crippen molar-refractivity contribution in [2.75, 3.05) is 18.4 Å². The van der Waals surface area contributed by atoms with Crippen molar-refractivity contribution in [3.05, 3.63) is 64.0 Å². The Hall–Kier alpha value is -2.20. The third kappa shape index (κ3) is 3.24. The summed E-state index contributed by atoms with van der Waals surface area (Å²) in [5.41, 5.74) is 6.72. The molecule has 2 aromatic carbocycles. The van der Waals surface area contributed by atoms with Gasteiger partial charge >= 0.3 is 0 Å². The first-order chi connectivity index (χ1) is 13.2. The molecule has 1 atom stereocenters. The molecule has 1 unspecified atom stereocenters. The van der Waals surface area contributed by atoms with E-state index in [1.807, 2.05) is 19.1 Å². The van der Waals surface area contributed by atoms with Gasteiger partial charge in [-0.15, -0.1) is 0 Å². The summed E-state index contributed by atoms with van der Waals surface area (Å²) in [6.45, 7) is 10.3. The van der Waals surface area contributed by atoms with Crippen LogP contribution in [0.15, 0.2) is 35.9 Å². The van der Waals surface area contributed by atoms with Crippen LogP contribution in [-0.4, -0.2) is 23.7 Å². The highest BCUT2D eigenvalue weighted by atomic mass is 19.1. The summed E-state index contributed by atoms with van der Waals surface area (Å²) >= 11 is 0. The quantitative estimate of drug-likeness (QED) is 0.640. The molecule has 2 bridgehead atoms. The van der Waals surface area contributed by atoms with Crippen LogP contribution in [0, 0.1) is 19.7 Å². The molecule has 0 saturated heterocycles. The van der Waals surface area contributed by atoms with Crippen LogP contribution in [0.25, 0.3) is 5.57 Å². The maximum absolute atomic E-state index is 15.3. The average molecular weight is 382 g/mol. The summed E-state index contributed by atoms with van der Waals surface area (Å²) in [7, 11) is 0. The molecule has 0 saturated carbocycles. The van der Waals surface area contributed by atoms with Gasteiger partial charge in [-0.2, -0.15) is 0 Å². The summed E-state index contributed by atoms with van der Waals surface area (Å²) in [4.78, 5) is 2.10. The number of nitrogens with zero attached hydrogens (tertiary/aromatic N) is 1. The summed E-state index contributed by atoms with van der Waals surface area (Å²) in [6.07, 6.45) is 0.834. The van der Waals surface area contributed by atoms with E-state index in [0.29, 0.717) is 12.1 Å². The van der Waals surface area contributed by atoms with Crippen LogP contribution in [-0.2, 0) is 0 Å². The largest absolute Gasteiger partial charge is 0.355 e. The summed E-state index contributed by atoms with van der Waals surface area (Å²) < 4.78 is 29.9. The highest BCUT2D eigenvalue weighted by Crippen LogP contribution is 2.48. The van der Waals surface area contributed by atoms with Crippen molar-refractivity contribution in [3.8, 4) is 0 Å². The second-order valence-electron chi connectivity index (χ2n) is 8.83. The first-order valence-electron chi connectivity index (χ1n) is 9.95. The van der Waals surface area contributed by atoms with Crippen LogP contribution in [0.3, 0.4) is 0 Å². The van der Waals surface area contributed by atoms with Crippen molar-refractivity contribution < 1.29 is 8.78 Å². The number of benzene rings is 2. The monoisotopic (exact) mass is 382 g/mol. The van der Waals surface area contributed by atoms with E-state index in [2.05, 4.69) is 36.2 Å². The molecule has 4 rings (SSSR count). The van der Waals surface area contributed by atoms with E-state index in [-0.39, 0.29) is 18.4 Å². The molecule has 4 heteroatoms. The van der Waals surface area contributed by atoms with Gasteiger partial charge in [0.2, 0.25) is 0 Å². The summed E-state index contributed by atoms with van der Waals surface area (Å²) in [6, 6.07) is 9.52. The van der Waals surface area contributed by atoms with E-state index in [1.54, 1.807) is 19.9 Å². The standard InChI is InChI=1S/C24H28F2N2/c1-14-11-18(25)22-20(12-14)27-19-8-6-7-15(2)21(19)17-9-10-28(13-24(4,5)26)23(22)16(17)3/h6-8,11-12,23,27H,9-10,13H2,1-5H3. The molecule has 0 spiro atoms. The Morgan fingerprint density at radius 3 is 2.61 bits per heavy atom. The molecule has 0 aromatic heterocycles. The Labute approximate surface area is 166 Å². The number of hydrogen-bond acceptors (Lipinski definition) is 2. The number of anilines is 2. The normalized spacial score (nSPS) is 19.5. The predicted octanol–water partition coefficient (Wildman–Crippen LogP) is 6.47. The minimum atomic E-state index is -1.34. The third-order valence-electron chi connectivity index (χ3n) is 5.87. The number of rotatable bonds is 2. The topological polar surface area (TPSA) is 15.3 Å². The van der Waals surface area contributed by atoms with E-state index < -0.39 is 5.67 Å². The molecule has 2 aliphatic rings. The number of hydrogen-bond donors (Lipinski definition) is 1. The maximum Gasteiger partial charge on any atom is 0.130 e. The number of alkyl halides is 1. The van der Waals surface area contributed by atoms with Gasteiger partial charge in [0.25, 0.3) is 0 Å². The van der Waals surface area contributed by atoms with Gasteiger partial charge in [-0.1, -0.05) is 12.1 Å². The minimum Gasteiger partial charge on any atom is -0.355 e. The molecule has 148 valence electrons. The number of fused-ring (bicyclic) bond motifs is 5. The Kier molecular flexibility index (Phi) is 4.58. The molecule has 0 fully saturated rings. The Balaban J connectivity index is 2.01. The maximum atomic E-state index is 15.3. The molecular weight excluding hydrogens is 354 g/mol. The minimum absolute atomic E-state index is 0.231. The van der Waals surface area contributed by atoms with Crippen molar-refractivity contribution in [1.29, 1.82) is 0 Å². The molecule has 0 amide bonds. The molecule has 0 radical (unpaired) electrons. The fourth-order valence-corrected chi connectivity index (χ4v) is 4.85. The van der Waals surface area contributed by atoms with Gasteiger partial charge in [0, 0.05) is 35.6 Å². The second-order valence-corrected chi connectivity index (χ2v) is 8.83. The van der Waals surface area contributed by atoms with Crippen LogP contribution in [0.2, 0.25) is 0 Å². The zero-order chi connectivity index (χ0) is 20.2. The van der Waals surface area contributed by atoms with E-state index in [4.69, 9.17) is 0 Å². The highest BCUT2D eigenvalue weighted by molar-refractivity contribution is 5.86. The Morgan fingerprint density at radius 2 is 1.89 bits per heavy atom. The van der Waals surface area contributed by atoms with Gasteiger partial charge in [-0.3, -0.25) is 4.90 Å². The second kappa shape index (κ2) is 6.70. The first kappa shape index (κ1) is 19.1. The van der Waals surface area contributed by atoms with Crippen LogP contribution < -0.4 is 5.32 Å². The van der Waals surface area contributed by atoms with Crippen molar-refractivity contribution in [3.63, 3.8) is 0 Å². The SMILES string of the molecule is CC1=C2CCN(CC(C)(C)F)C1c1c(F)cc(C)cc1Nc1cccc(C)c12. The van der Waals surface area contributed by atoms with E-state index in [9.17, 15) is 4.39 Å². The van der Waals surface area contributed by atoms with E-state index in [1.165, 1.54) is 16.7 Å². The van der Waals surface area contributed by atoms with Crippen LogP contribution >= 0.6 is 0 Å².